The van der Waals surface area contributed by atoms with Gasteiger partial charge < -0.3 is 77.6 Å². The third kappa shape index (κ3) is 23.7. The quantitative estimate of drug-likeness (QED) is 0.0186. The summed E-state index contributed by atoms with van der Waals surface area (Å²) in [5, 5.41) is 23.2. The first-order valence-electron chi connectivity index (χ1n) is 20.9. The maximum absolute atomic E-state index is 14.2. The monoisotopic (exact) mass is 862 g/mol. The van der Waals surface area contributed by atoms with Crippen LogP contribution in [0, 0.1) is 0 Å². The molecule has 22 N–H and O–H groups in total. The molecule has 6 atom stereocenters. The summed E-state index contributed by atoms with van der Waals surface area (Å²) in [6.07, 6.45) is 4.39. The molecule has 1 aromatic rings. The van der Waals surface area contributed by atoms with Crippen molar-refractivity contribution in [1.29, 1.82) is 0 Å². The van der Waals surface area contributed by atoms with Gasteiger partial charge in [0.05, 0.1) is 6.04 Å². The molecular weight excluding hydrogens is 791 g/mol. The minimum Gasteiger partial charge on any atom is -0.480 e. The van der Waals surface area contributed by atoms with Gasteiger partial charge in [0, 0.05) is 19.5 Å². The number of carbonyl (C=O) groups excluding carboxylic acids is 5. The summed E-state index contributed by atoms with van der Waals surface area (Å²) < 4.78 is 0. The van der Waals surface area contributed by atoms with E-state index in [1.807, 2.05) is 0 Å². The first kappa shape index (κ1) is 53.4. The van der Waals surface area contributed by atoms with Gasteiger partial charge in [-0.1, -0.05) is 36.8 Å². The number of guanidine groups is 2. The minimum atomic E-state index is -1.28. The molecule has 22 heteroatoms. The fraction of sp³-hybridized carbons (Fsp3) is 0.641. The molecule has 0 radical (unpaired) electrons. The van der Waals surface area contributed by atoms with Gasteiger partial charge >= 0.3 is 5.97 Å². The van der Waals surface area contributed by atoms with Gasteiger partial charge in [0.15, 0.2) is 11.9 Å². The molecule has 0 bridgehead atoms. The highest BCUT2D eigenvalue weighted by Gasteiger charge is 2.33. The molecule has 22 nitrogen and oxygen atoms in total. The lowest BCUT2D eigenvalue weighted by atomic mass is 10.0. The van der Waals surface area contributed by atoms with Crippen molar-refractivity contribution in [3.63, 3.8) is 0 Å². The van der Waals surface area contributed by atoms with Gasteiger partial charge in [-0.2, -0.15) is 0 Å². The lowest BCUT2D eigenvalue weighted by Gasteiger charge is -2.27. The highest BCUT2D eigenvalue weighted by atomic mass is 16.4. The lowest BCUT2D eigenvalue weighted by molar-refractivity contribution is -0.142. The third-order valence-corrected chi connectivity index (χ3v) is 9.52. The zero-order chi connectivity index (χ0) is 45.6. The number of nitrogens with one attached hydrogen (secondary N) is 5. The van der Waals surface area contributed by atoms with Gasteiger partial charge in [-0.15, -0.1) is 0 Å². The highest BCUT2D eigenvalue weighted by Crippen LogP contribution is 2.11. The number of nitrogens with two attached hydrogens (primary N) is 8. The van der Waals surface area contributed by atoms with Crippen LogP contribution in [-0.2, 0) is 35.2 Å². The molecule has 1 rings (SSSR count). The summed E-state index contributed by atoms with van der Waals surface area (Å²) in [7, 11) is 0. The molecule has 0 aliphatic rings. The first-order valence-corrected chi connectivity index (χ1v) is 20.9. The standard InChI is InChI=1S/C39H71N15O7/c40-19-7-4-14-26(43)32(55)50-28(17-10-22-48-38(44)45)33(56)51-29(18-11-23-49-39(46)47)35(58)54-31(24-25-12-2-1-3-13-25)36(59)52-27(15-5-8-20-41)34(57)53-30(37(60)61)16-6-9-21-42/h1-3,12-13,26-31H,4-11,14-24,40-43H2,(H,50,55)(H,51,56)(H,52,59)(H,53,57)(H,54,58)(H,60,61)(H4,44,45,48)(H4,46,47,49). The molecule has 0 saturated heterocycles. The largest absolute Gasteiger partial charge is 0.480 e. The van der Waals surface area contributed by atoms with E-state index in [1.165, 1.54) is 0 Å². The van der Waals surface area contributed by atoms with Crippen molar-refractivity contribution in [3.8, 4) is 0 Å². The van der Waals surface area contributed by atoms with Crippen LogP contribution in [0.5, 0.6) is 0 Å². The molecule has 0 spiro atoms. The Morgan fingerprint density at radius 2 is 0.852 bits per heavy atom. The molecule has 0 aliphatic heterocycles. The van der Waals surface area contributed by atoms with Crippen LogP contribution >= 0.6 is 0 Å². The van der Waals surface area contributed by atoms with Crippen LogP contribution in [0.25, 0.3) is 0 Å². The number of unbranched alkanes of at least 4 members (excludes halogenated alkanes) is 3. The highest BCUT2D eigenvalue weighted by molar-refractivity contribution is 5.96. The molecule has 0 aliphatic carbocycles. The average molecular weight is 862 g/mol. The number of benzene rings is 1. The Bertz CT molecular complexity index is 1540. The summed E-state index contributed by atoms with van der Waals surface area (Å²) in [6.45, 7) is 1.37. The molecule has 0 saturated carbocycles. The van der Waals surface area contributed by atoms with Crippen LogP contribution in [0.1, 0.15) is 89.0 Å². The van der Waals surface area contributed by atoms with Crippen molar-refractivity contribution >= 4 is 47.4 Å². The number of carboxylic acids is 1. The Labute approximate surface area is 357 Å². The minimum absolute atomic E-state index is 0.00610. The zero-order valence-electron chi connectivity index (χ0n) is 35.2. The molecule has 61 heavy (non-hydrogen) atoms. The number of amides is 5. The van der Waals surface area contributed by atoms with Gasteiger partial charge in [-0.3, -0.25) is 34.0 Å². The SMILES string of the molecule is NCCCCC(N)C(=O)NC(CCCN=C(N)N)C(=O)NC(CCCN=C(N)N)C(=O)NC(Cc1ccccc1)C(=O)NC(CCCCN)C(=O)NC(CCCCN)C(=O)O. The molecule has 0 heterocycles. The predicted molar refractivity (Wildman–Crippen MR) is 234 cm³/mol. The molecule has 0 aromatic heterocycles. The number of aliphatic carboxylic acids is 1. The van der Waals surface area contributed by atoms with Crippen molar-refractivity contribution < 1.29 is 33.9 Å². The van der Waals surface area contributed by atoms with Crippen molar-refractivity contribution in [2.24, 2.45) is 55.9 Å². The lowest BCUT2D eigenvalue weighted by Crippen LogP contribution is -2.59. The number of hydrogen-bond acceptors (Lipinski definition) is 12. The summed E-state index contributed by atoms with van der Waals surface area (Å²) in [6, 6.07) is 1.77. The molecule has 344 valence electrons. The smallest absolute Gasteiger partial charge is 0.326 e. The van der Waals surface area contributed by atoms with Crippen molar-refractivity contribution in [2.75, 3.05) is 32.7 Å². The molecular formula is C39H71N15O7. The van der Waals surface area contributed by atoms with Crippen molar-refractivity contribution in [1.82, 2.24) is 26.6 Å². The fourth-order valence-corrected chi connectivity index (χ4v) is 6.12. The molecule has 1 aromatic carbocycles. The van der Waals surface area contributed by atoms with Crippen LogP contribution < -0.4 is 72.5 Å². The summed E-state index contributed by atoms with van der Waals surface area (Å²) >= 11 is 0. The molecule has 5 amide bonds. The Kier molecular flexibility index (Phi) is 27.4. The van der Waals surface area contributed by atoms with Crippen molar-refractivity contribution in [3.05, 3.63) is 35.9 Å². The topological polar surface area (TPSA) is 416 Å². The fourth-order valence-electron chi connectivity index (χ4n) is 6.12. The number of rotatable bonds is 33. The average Bonchev–Trinajstić information content (AvgIpc) is 3.21. The van der Waals surface area contributed by atoms with Crippen LogP contribution in [0.15, 0.2) is 40.3 Å². The van der Waals surface area contributed by atoms with E-state index in [0.29, 0.717) is 70.1 Å². The Morgan fingerprint density at radius 1 is 0.492 bits per heavy atom. The summed E-state index contributed by atoms with van der Waals surface area (Å²) in [4.78, 5) is 88.8. The Morgan fingerprint density at radius 3 is 1.28 bits per heavy atom. The van der Waals surface area contributed by atoms with E-state index in [0.717, 1.165) is 0 Å². The van der Waals surface area contributed by atoms with Gasteiger partial charge in [0.25, 0.3) is 0 Å². The van der Waals surface area contributed by atoms with Gasteiger partial charge in [0.1, 0.15) is 30.2 Å². The van der Waals surface area contributed by atoms with Crippen LogP contribution in [0.3, 0.4) is 0 Å². The zero-order valence-corrected chi connectivity index (χ0v) is 35.2. The Balaban J connectivity index is 3.49. The van der Waals surface area contributed by atoms with E-state index >= 15 is 0 Å². The van der Waals surface area contributed by atoms with Gasteiger partial charge in [0.2, 0.25) is 29.5 Å². The van der Waals surface area contributed by atoms with Gasteiger partial charge in [-0.05, 0) is 102 Å². The van der Waals surface area contributed by atoms with E-state index in [-0.39, 0.29) is 70.0 Å². The molecule has 6 unspecified atom stereocenters. The third-order valence-electron chi connectivity index (χ3n) is 9.52. The van der Waals surface area contributed by atoms with Crippen LogP contribution in [0.4, 0.5) is 0 Å². The van der Waals surface area contributed by atoms with E-state index in [1.54, 1.807) is 30.3 Å². The second-order valence-corrected chi connectivity index (χ2v) is 14.7. The summed E-state index contributed by atoms with van der Waals surface area (Å²) in [5.74, 6) is -5.06. The van der Waals surface area contributed by atoms with E-state index in [2.05, 4.69) is 36.6 Å². The van der Waals surface area contributed by atoms with E-state index in [4.69, 9.17) is 45.9 Å². The van der Waals surface area contributed by atoms with Crippen molar-refractivity contribution in [2.45, 2.75) is 126 Å². The van der Waals surface area contributed by atoms with Crippen LogP contribution in [-0.4, -0.2) is 122 Å². The molecule has 0 fully saturated rings. The number of carboxylic acid groups (broad SMARTS) is 1. The predicted octanol–water partition coefficient (Wildman–Crippen LogP) is -3.44. The summed E-state index contributed by atoms with van der Waals surface area (Å²) in [5.41, 5.74) is 45.5. The van der Waals surface area contributed by atoms with E-state index < -0.39 is 71.8 Å². The van der Waals surface area contributed by atoms with E-state index in [9.17, 15) is 33.9 Å². The normalized spacial score (nSPS) is 13.8. The second-order valence-electron chi connectivity index (χ2n) is 14.7. The first-order chi connectivity index (χ1) is 29.1. The maximum atomic E-state index is 14.2. The van der Waals surface area contributed by atoms with Crippen LogP contribution in [0.2, 0.25) is 0 Å². The second kappa shape index (κ2) is 31.3. The van der Waals surface area contributed by atoms with Gasteiger partial charge in [-0.25, -0.2) is 4.79 Å². The Hall–Kier alpha value is -5.58. The maximum Gasteiger partial charge on any atom is 0.326 e. The number of carbonyl (C=O) groups is 6. The number of hydrogen-bond donors (Lipinski definition) is 14. The number of aliphatic imine (C=N–C) groups is 2. The number of nitrogens with zero attached hydrogens (tertiary/aromatic N) is 2.